The van der Waals surface area contributed by atoms with Crippen LogP contribution in [0.1, 0.15) is 0 Å². The Balaban J connectivity index is 3.43. The maximum atomic E-state index is 12.7. The van der Waals surface area contributed by atoms with Gasteiger partial charge >= 0.3 is 5.69 Å². The molecule has 0 radical (unpaired) electrons. The minimum atomic E-state index is -0.753. The van der Waals surface area contributed by atoms with Crippen LogP contribution in [0.15, 0.2) is 23.6 Å². The molecule has 64 valence electrons. The third-order valence-electron chi connectivity index (χ3n) is 1.38. The summed E-state index contributed by atoms with van der Waals surface area (Å²) in [6.07, 6.45) is 2.29. The zero-order valence-electron chi connectivity index (χ0n) is 6.30. The number of halogens is 1. The largest absolute Gasteiger partial charge is 0.327 e. The molecule has 5 heteroatoms. The Kier molecular flexibility index (Phi) is 2.23. The zero-order chi connectivity index (χ0) is 9.14. The number of nitrogens with zero attached hydrogens (tertiary/aromatic N) is 1. The summed E-state index contributed by atoms with van der Waals surface area (Å²) in [5.41, 5.74) is -0.944. The van der Waals surface area contributed by atoms with E-state index in [0.717, 1.165) is 10.8 Å². The Morgan fingerprint density at radius 3 is 3.08 bits per heavy atom. The summed E-state index contributed by atoms with van der Waals surface area (Å²) in [6, 6.07) is 0. The van der Waals surface area contributed by atoms with Crippen LogP contribution in [-0.4, -0.2) is 9.55 Å². The van der Waals surface area contributed by atoms with Crippen molar-refractivity contribution in [1.82, 2.24) is 9.55 Å². The molecule has 0 saturated heterocycles. The van der Waals surface area contributed by atoms with Crippen molar-refractivity contribution in [3.8, 4) is 0 Å². The number of hydrogen-bond acceptors (Lipinski definition) is 2. The van der Waals surface area contributed by atoms with E-state index in [1.807, 2.05) is 0 Å². The highest BCUT2D eigenvalue weighted by molar-refractivity contribution is 4.86. The molecule has 0 aliphatic carbocycles. The van der Waals surface area contributed by atoms with Crippen LogP contribution in [-0.2, 0) is 6.54 Å². The summed E-state index contributed by atoms with van der Waals surface area (Å²) in [7, 11) is 0. The van der Waals surface area contributed by atoms with E-state index in [1.165, 1.54) is 6.08 Å². The molecule has 1 aromatic rings. The normalized spacial score (nSPS) is 9.75. The van der Waals surface area contributed by atoms with Gasteiger partial charge in [0.05, 0.1) is 0 Å². The molecule has 0 atom stereocenters. The van der Waals surface area contributed by atoms with Crippen molar-refractivity contribution in [2.24, 2.45) is 0 Å². The molecule has 1 aromatic heterocycles. The van der Waals surface area contributed by atoms with Gasteiger partial charge in [0.1, 0.15) is 0 Å². The summed E-state index contributed by atoms with van der Waals surface area (Å²) in [5, 5.41) is 7.16. The van der Waals surface area contributed by atoms with Crippen LogP contribution in [0.3, 0.4) is 0 Å². The summed E-state index contributed by atoms with van der Waals surface area (Å²) in [6.45, 7) is 3.52. The number of nitrogens with one attached hydrogen (secondary N) is 2. The van der Waals surface area contributed by atoms with E-state index in [2.05, 4.69) is 11.6 Å². The van der Waals surface area contributed by atoms with Crippen molar-refractivity contribution in [2.45, 2.75) is 6.54 Å². The summed E-state index contributed by atoms with van der Waals surface area (Å²) < 4.78 is 13.6. The Morgan fingerprint density at radius 2 is 2.50 bits per heavy atom. The van der Waals surface area contributed by atoms with Crippen molar-refractivity contribution in [1.29, 1.82) is 5.41 Å². The lowest BCUT2D eigenvalue weighted by atomic mass is 10.5. The van der Waals surface area contributed by atoms with E-state index in [1.54, 1.807) is 0 Å². The van der Waals surface area contributed by atoms with Crippen molar-refractivity contribution in [3.05, 3.63) is 40.6 Å². The zero-order valence-corrected chi connectivity index (χ0v) is 6.30. The minimum absolute atomic E-state index is 0.131. The SMILES string of the molecule is C=CCn1c(=O)[nH]cc(F)c1=N. The first-order valence-corrected chi connectivity index (χ1v) is 3.30. The van der Waals surface area contributed by atoms with E-state index in [9.17, 15) is 9.18 Å². The molecule has 0 saturated carbocycles. The van der Waals surface area contributed by atoms with Crippen LogP contribution in [0.25, 0.3) is 0 Å². The maximum Gasteiger partial charge on any atom is 0.327 e. The number of aromatic nitrogens is 2. The second-order valence-corrected chi connectivity index (χ2v) is 2.19. The lowest BCUT2D eigenvalue weighted by Gasteiger charge is -2.00. The third-order valence-corrected chi connectivity index (χ3v) is 1.38. The molecule has 0 aliphatic heterocycles. The van der Waals surface area contributed by atoms with Gasteiger partial charge in [-0.25, -0.2) is 9.18 Å². The number of aromatic amines is 1. The van der Waals surface area contributed by atoms with Gasteiger partial charge in [0.25, 0.3) is 0 Å². The summed E-state index contributed by atoms with van der Waals surface area (Å²) >= 11 is 0. The van der Waals surface area contributed by atoms with Crippen LogP contribution in [0.5, 0.6) is 0 Å². The molecule has 0 fully saturated rings. The van der Waals surface area contributed by atoms with Crippen molar-refractivity contribution in [3.63, 3.8) is 0 Å². The van der Waals surface area contributed by atoms with E-state index in [0.29, 0.717) is 0 Å². The van der Waals surface area contributed by atoms with Gasteiger partial charge in [-0.3, -0.25) is 9.98 Å². The Labute approximate surface area is 67.5 Å². The van der Waals surface area contributed by atoms with Crippen LogP contribution in [0.4, 0.5) is 4.39 Å². The van der Waals surface area contributed by atoms with E-state index in [4.69, 9.17) is 5.41 Å². The molecule has 2 N–H and O–H groups in total. The molecule has 0 bridgehead atoms. The highest BCUT2D eigenvalue weighted by Crippen LogP contribution is 1.80. The molecule has 0 aromatic carbocycles. The molecule has 1 heterocycles. The second-order valence-electron chi connectivity index (χ2n) is 2.19. The Hall–Kier alpha value is -1.65. The number of allylic oxidation sites excluding steroid dienone is 1. The molecule has 12 heavy (non-hydrogen) atoms. The van der Waals surface area contributed by atoms with E-state index < -0.39 is 17.0 Å². The maximum absolute atomic E-state index is 12.7. The first-order chi connectivity index (χ1) is 5.66. The standard InChI is InChI=1S/C7H8FN3O/c1-2-3-11-6(9)5(8)4-10-7(11)12/h2,4,9H,1,3H2,(H,10,12). The lowest BCUT2D eigenvalue weighted by molar-refractivity contribution is 0.544. The predicted molar refractivity (Wildman–Crippen MR) is 41.1 cm³/mol. The highest BCUT2D eigenvalue weighted by Gasteiger charge is 2.00. The smallest absolute Gasteiger partial charge is 0.311 e. The average Bonchev–Trinajstić information content (AvgIpc) is 2.06. The third kappa shape index (κ3) is 1.34. The molecular formula is C7H8FN3O. The highest BCUT2D eigenvalue weighted by atomic mass is 19.1. The van der Waals surface area contributed by atoms with Gasteiger partial charge in [-0.05, 0) is 0 Å². The lowest BCUT2D eigenvalue weighted by Crippen LogP contribution is -2.36. The van der Waals surface area contributed by atoms with Gasteiger partial charge in [-0.2, -0.15) is 0 Å². The molecule has 4 nitrogen and oxygen atoms in total. The van der Waals surface area contributed by atoms with Gasteiger partial charge in [-0.1, -0.05) is 6.08 Å². The van der Waals surface area contributed by atoms with Gasteiger partial charge < -0.3 is 4.98 Å². The van der Waals surface area contributed by atoms with Crippen LogP contribution in [0.2, 0.25) is 0 Å². The van der Waals surface area contributed by atoms with Crippen LogP contribution in [0, 0.1) is 11.2 Å². The molecule has 0 unspecified atom stereocenters. The van der Waals surface area contributed by atoms with Crippen molar-refractivity contribution >= 4 is 0 Å². The minimum Gasteiger partial charge on any atom is -0.311 e. The van der Waals surface area contributed by atoms with E-state index in [-0.39, 0.29) is 6.54 Å². The van der Waals surface area contributed by atoms with Crippen LogP contribution < -0.4 is 11.2 Å². The predicted octanol–water partition coefficient (Wildman–Crippen LogP) is -0.0190. The Bertz CT molecular complexity index is 404. The van der Waals surface area contributed by atoms with Crippen molar-refractivity contribution in [2.75, 3.05) is 0 Å². The van der Waals surface area contributed by atoms with Crippen molar-refractivity contribution < 1.29 is 4.39 Å². The molecule has 1 rings (SSSR count). The second kappa shape index (κ2) is 3.17. The fourth-order valence-electron chi connectivity index (χ4n) is 0.805. The quantitative estimate of drug-likeness (QED) is 0.600. The molecule has 0 amide bonds. The molecular weight excluding hydrogens is 161 g/mol. The fourth-order valence-corrected chi connectivity index (χ4v) is 0.805. The first kappa shape index (κ1) is 8.45. The van der Waals surface area contributed by atoms with Gasteiger partial charge in [0, 0.05) is 12.7 Å². The molecule has 0 spiro atoms. The summed E-state index contributed by atoms with van der Waals surface area (Å²) in [5.74, 6) is -0.753. The Morgan fingerprint density at radius 1 is 1.83 bits per heavy atom. The molecule has 0 aliphatic rings. The average molecular weight is 169 g/mol. The first-order valence-electron chi connectivity index (χ1n) is 3.30. The van der Waals surface area contributed by atoms with Gasteiger partial charge in [-0.15, -0.1) is 6.58 Å². The number of H-pyrrole nitrogens is 1. The van der Waals surface area contributed by atoms with E-state index >= 15 is 0 Å². The topological polar surface area (TPSA) is 61.6 Å². The number of rotatable bonds is 2. The number of hydrogen-bond donors (Lipinski definition) is 2. The fraction of sp³-hybridized carbons (Fsp3) is 0.143. The monoisotopic (exact) mass is 169 g/mol. The van der Waals surface area contributed by atoms with Gasteiger partial charge in [0.15, 0.2) is 11.3 Å². The summed E-state index contributed by atoms with van der Waals surface area (Å²) in [4.78, 5) is 13.1. The van der Waals surface area contributed by atoms with Crippen LogP contribution >= 0.6 is 0 Å². The van der Waals surface area contributed by atoms with Gasteiger partial charge in [0.2, 0.25) is 0 Å².